The van der Waals surface area contributed by atoms with E-state index in [1.165, 1.54) is 0 Å². The summed E-state index contributed by atoms with van der Waals surface area (Å²) in [4.78, 5) is 25.0. The van der Waals surface area contributed by atoms with Crippen molar-refractivity contribution in [3.63, 3.8) is 0 Å². The lowest BCUT2D eigenvalue weighted by Gasteiger charge is -2.40. The average Bonchev–Trinajstić information content (AvgIpc) is 3.14. The van der Waals surface area contributed by atoms with Crippen molar-refractivity contribution >= 4 is 17.1 Å². The Kier molecular flexibility index (Phi) is 5.64. The highest BCUT2D eigenvalue weighted by atomic mass is 16.5. The van der Waals surface area contributed by atoms with Gasteiger partial charge in [0.2, 0.25) is 0 Å². The van der Waals surface area contributed by atoms with Crippen molar-refractivity contribution in [1.29, 1.82) is 0 Å². The number of benzene rings is 3. The van der Waals surface area contributed by atoms with Crippen molar-refractivity contribution < 1.29 is 14.6 Å². The van der Waals surface area contributed by atoms with Crippen LogP contribution in [0.3, 0.4) is 0 Å². The van der Waals surface area contributed by atoms with Crippen LogP contribution >= 0.6 is 0 Å². The quantitative estimate of drug-likeness (QED) is 0.429. The predicted molar refractivity (Wildman–Crippen MR) is 139 cm³/mol. The van der Waals surface area contributed by atoms with Gasteiger partial charge in [0.15, 0.2) is 0 Å². The standard InChI is InChI=1S/C29H30N4O3/c1-20-30-25-9-7-22(18-26(25)31-20)21-8-10-27-23(17-21)19-33(15-16-36-27)28(34)32-13-11-29(35,12-14-32)24-5-3-2-4-6-24/h2-10,17-18,35H,11-16,19H2,1H3,(H,30,31). The Bertz CT molecular complexity index is 1410. The van der Waals surface area contributed by atoms with E-state index in [9.17, 15) is 9.90 Å². The monoisotopic (exact) mass is 482 g/mol. The minimum atomic E-state index is -0.879. The van der Waals surface area contributed by atoms with Gasteiger partial charge in [-0.3, -0.25) is 0 Å². The number of urea groups is 1. The number of H-pyrrole nitrogens is 1. The first-order valence-corrected chi connectivity index (χ1v) is 12.5. The fourth-order valence-electron chi connectivity index (χ4n) is 5.36. The number of fused-ring (bicyclic) bond motifs is 2. The number of likely N-dealkylation sites (tertiary alicyclic amines) is 1. The highest BCUT2D eigenvalue weighted by molar-refractivity contribution is 5.82. The summed E-state index contributed by atoms with van der Waals surface area (Å²) in [6.45, 7) is 4.49. The molecule has 2 amide bonds. The molecule has 7 nitrogen and oxygen atoms in total. The van der Waals surface area contributed by atoms with Crippen molar-refractivity contribution in [3.8, 4) is 16.9 Å². The maximum absolute atomic E-state index is 13.5. The van der Waals surface area contributed by atoms with Crippen LogP contribution in [0.15, 0.2) is 66.7 Å². The third kappa shape index (κ3) is 4.20. The number of hydrogen-bond acceptors (Lipinski definition) is 4. The fourth-order valence-corrected chi connectivity index (χ4v) is 5.36. The summed E-state index contributed by atoms with van der Waals surface area (Å²) in [6.07, 6.45) is 1.06. The van der Waals surface area contributed by atoms with E-state index in [0.29, 0.717) is 45.6 Å². The van der Waals surface area contributed by atoms with Crippen molar-refractivity contribution in [2.24, 2.45) is 0 Å². The van der Waals surface area contributed by atoms with Gasteiger partial charge in [0.05, 0.1) is 29.7 Å². The minimum absolute atomic E-state index is 0.00122. The second-order valence-corrected chi connectivity index (χ2v) is 9.81. The van der Waals surface area contributed by atoms with Gasteiger partial charge in [-0.1, -0.05) is 42.5 Å². The molecule has 0 spiro atoms. The summed E-state index contributed by atoms with van der Waals surface area (Å²) in [7, 11) is 0. The molecule has 0 radical (unpaired) electrons. The molecule has 2 aliphatic rings. The number of aromatic amines is 1. The first-order chi connectivity index (χ1) is 17.5. The third-order valence-electron chi connectivity index (χ3n) is 7.42. The van der Waals surface area contributed by atoms with E-state index in [0.717, 1.165) is 44.9 Å². The van der Waals surface area contributed by atoms with E-state index in [1.807, 2.05) is 59.2 Å². The Morgan fingerprint density at radius 2 is 1.72 bits per heavy atom. The van der Waals surface area contributed by atoms with Crippen molar-refractivity contribution in [1.82, 2.24) is 19.8 Å². The van der Waals surface area contributed by atoms with Crippen LogP contribution in [0.4, 0.5) is 4.79 Å². The maximum Gasteiger partial charge on any atom is 0.320 e. The number of aromatic nitrogens is 2. The largest absolute Gasteiger partial charge is 0.491 e. The number of aliphatic hydroxyl groups is 1. The lowest BCUT2D eigenvalue weighted by Crippen LogP contribution is -2.50. The second kappa shape index (κ2) is 8.99. The fraction of sp³-hybridized carbons (Fsp3) is 0.310. The molecule has 0 aliphatic carbocycles. The molecule has 0 bridgehead atoms. The number of piperidine rings is 1. The molecule has 6 rings (SSSR count). The van der Waals surface area contributed by atoms with Gasteiger partial charge in [-0.05, 0) is 60.7 Å². The summed E-state index contributed by atoms with van der Waals surface area (Å²) in [5, 5.41) is 11.2. The van der Waals surface area contributed by atoms with Gasteiger partial charge in [0, 0.05) is 18.7 Å². The Labute approximate surface area is 210 Å². The smallest absolute Gasteiger partial charge is 0.320 e. The molecule has 0 atom stereocenters. The lowest BCUT2D eigenvalue weighted by atomic mass is 9.84. The van der Waals surface area contributed by atoms with E-state index in [1.54, 1.807) is 0 Å². The number of nitrogens with one attached hydrogen (secondary N) is 1. The topological polar surface area (TPSA) is 81.7 Å². The number of imidazole rings is 1. The Hall–Kier alpha value is -3.84. The highest BCUT2D eigenvalue weighted by Gasteiger charge is 2.36. The van der Waals surface area contributed by atoms with E-state index in [2.05, 4.69) is 34.2 Å². The van der Waals surface area contributed by atoms with Crippen LogP contribution in [0, 0.1) is 6.92 Å². The van der Waals surface area contributed by atoms with Crippen LogP contribution in [0.2, 0.25) is 0 Å². The van der Waals surface area contributed by atoms with Gasteiger partial charge in [0.1, 0.15) is 18.2 Å². The molecule has 1 aromatic heterocycles. The summed E-state index contributed by atoms with van der Waals surface area (Å²) >= 11 is 0. The van der Waals surface area contributed by atoms with Gasteiger partial charge in [-0.2, -0.15) is 0 Å². The van der Waals surface area contributed by atoms with Crippen LogP contribution < -0.4 is 4.74 Å². The zero-order valence-corrected chi connectivity index (χ0v) is 20.4. The van der Waals surface area contributed by atoms with Gasteiger partial charge < -0.3 is 24.6 Å². The molecule has 7 heteroatoms. The van der Waals surface area contributed by atoms with Crippen LogP contribution in [0.1, 0.15) is 29.8 Å². The van der Waals surface area contributed by atoms with Crippen molar-refractivity contribution in [2.75, 3.05) is 26.2 Å². The number of aryl methyl sites for hydroxylation is 1. The summed E-state index contributed by atoms with van der Waals surface area (Å²) in [6, 6.07) is 22.2. The van der Waals surface area contributed by atoms with Crippen molar-refractivity contribution in [3.05, 3.63) is 83.7 Å². The third-order valence-corrected chi connectivity index (χ3v) is 7.42. The second-order valence-electron chi connectivity index (χ2n) is 9.81. The average molecular weight is 483 g/mol. The van der Waals surface area contributed by atoms with E-state index in [4.69, 9.17) is 4.74 Å². The zero-order chi connectivity index (χ0) is 24.7. The molecular weight excluding hydrogens is 452 g/mol. The zero-order valence-electron chi connectivity index (χ0n) is 20.4. The van der Waals surface area contributed by atoms with Gasteiger partial charge in [0.25, 0.3) is 0 Å². The lowest BCUT2D eigenvalue weighted by molar-refractivity contribution is -0.0201. The molecule has 2 aliphatic heterocycles. The van der Waals surface area contributed by atoms with E-state index >= 15 is 0 Å². The molecule has 2 N–H and O–H groups in total. The molecule has 3 heterocycles. The Morgan fingerprint density at radius 1 is 0.972 bits per heavy atom. The number of ether oxygens (including phenoxy) is 1. The first kappa shape index (κ1) is 22.6. The predicted octanol–water partition coefficient (Wildman–Crippen LogP) is 4.84. The Balaban J connectivity index is 1.19. The maximum atomic E-state index is 13.5. The molecule has 3 aromatic carbocycles. The van der Waals surface area contributed by atoms with Crippen LogP contribution in [0.5, 0.6) is 5.75 Å². The molecule has 0 saturated carbocycles. The SMILES string of the molecule is Cc1nc2ccc(-c3ccc4c(c3)CN(C(=O)N3CCC(O)(c5ccccc5)CC3)CCO4)cc2[nH]1. The normalized spacial score (nSPS) is 17.4. The molecule has 184 valence electrons. The van der Waals surface area contributed by atoms with Crippen LogP contribution in [0.25, 0.3) is 22.2 Å². The summed E-state index contributed by atoms with van der Waals surface area (Å²) < 4.78 is 6.00. The summed E-state index contributed by atoms with van der Waals surface area (Å²) in [5.41, 5.74) is 5.16. The first-order valence-electron chi connectivity index (χ1n) is 12.5. The molecule has 36 heavy (non-hydrogen) atoms. The highest BCUT2D eigenvalue weighted by Crippen LogP contribution is 2.34. The molecule has 0 unspecified atom stereocenters. The Morgan fingerprint density at radius 3 is 2.53 bits per heavy atom. The van der Waals surface area contributed by atoms with Crippen molar-refractivity contribution in [2.45, 2.75) is 31.9 Å². The van der Waals surface area contributed by atoms with Crippen LogP contribution in [-0.4, -0.2) is 57.1 Å². The number of hydrogen-bond donors (Lipinski definition) is 2. The number of amides is 2. The van der Waals surface area contributed by atoms with Gasteiger partial charge >= 0.3 is 6.03 Å². The molecule has 4 aromatic rings. The minimum Gasteiger partial charge on any atom is -0.491 e. The summed E-state index contributed by atoms with van der Waals surface area (Å²) in [5.74, 6) is 1.72. The number of nitrogens with zero attached hydrogens (tertiary/aromatic N) is 3. The number of rotatable bonds is 2. The molecular formula is C29H30N4O3. The number of carbonyl (C=O) groups excluding carboxylic acids is 1. The van der Waals surface area contributed by atoms with Gasteiger partial charge in [-0.25, -0.2) is 9.78 Å². The van der Waals surface area contributed by atoms with Crippen LogP contribution in [-0.2, 0) is 12.1 Å². The van der Waals surface area contributed by atoms with E-state index in [-0.39, 0.29) is 6.03 Å². The number of carbonyl (C=O) groups is 1. The van der Waals surface area contributed by atoms with Gasteiger partial charge in [-0.15, -0.1) is 0 Å². The molecule has 1 fully saturated rings. The molecule has 1 saturated heterocycles. The van der Waals surface area contributed by atoms with E-state index < -0.39 is 5.60 Å².